The highest BCUT2D eigenvalue weighted by Crippen LogP contribution is 2.22. The second-order valence-corrected chi connectivity index (χ2v) is 4.98. The Labute approximate surface area is 119 Å². The number of benzene rings is 1. The second kappa shape index (κ2) is 8.28. The van der Waals surface area contributed by atoms with E-state index in [0.717, 1.165) is 18.4 Å². The molecule has 18 heavy (non-hydrogen) atoms. The zero-order valence-corrected chi connectivity index (χ0v) is 12.1. The van der Waals surface area contributed by atoms with Crippen molar-refractivity contribution in [2.45, 2.75) is 32.6 Å². The van der Waals surface area contributed by atoms with E-state index >= 15 is 0 Å². The van der Waals surface area contributed by atoms with Crippen LogP contribution in [0.1, 0.15) is 38.2 Å². The first-order chi connectivity index (χ1) is 8.65. The number of unbranched alkanes of at least 4 members (excludes halogenated alkanes) is 2. The van der Waals surface area contributed by atoms with E-state index < -0.39 is 0 Å². The van der Waals surface area contributed by atoms with Gasteiger partial charge in [0.05, 0.1) is 16.6 Å². The summed E-state index contributed by atoms with van der Waals surface area (Å²) in [6.07, 6.45) is 5.88. The minimum Gasteiger partial charge on any atom is -0.308 e. The van der Waals surface area contributed by atoms with Gasteiger partial charge in [-0.05, 0) is 25.0 Å². The predicted molar refractivity (Wildman–Crippen MR) is 80.8 cm³/mol. The lowest BCUT2D eigenvalue weighted by Crippen LogP contribution is -2.01. The fraction of sp³-hybridized carbons (Fsp3) is 0.429. The van der Waals surface area contributed by atoms with Crippen molar-refractivity contribution in [2.24, 2.45) is 4.99 Å². The van der Waals surface area contributed by atoms with Crippen molar-refractivity contribution in [3.63, 3.8) is 0 Å². The molecule has 1 aromatic rings. The van der Waals surface area contributed by atoms with Crippen molar-refractivity contribution in [1.82, 2.24) is 0 Å². The highest BCUT2D eigenvalue weighted by molar-refractivity contribution is 6.38. The van der Waals surface area contributed by atoms with Crippen LogP contribution >= 0.6 is 23.2 Å². The Bertz CT molecular complexity index is 408. The molecule has 1 rings (SSSR count). The van der Waals surface area contributed by atoms with E-state index in [1.807, 2.05) is 0 Å². The van der Waals surface area contributed by atoms with Crippen LogP contribution in [0.3, 0.4) is 0 Å². The Morgan fingerprint density at radius 2 is 1.94 bits per heavy atom. The number of nitrogens with zero attached hydrogens (tertiary/aromatic N) is 1. The molecule has 98 valence electrons. The van der Waals surface area contributed by atoms with E-state index in [1.165, 1.54) is 12.8 Å². The van der Waals surface area contributed by atoms with Gasteiger partial charge in [0.25, 0.3) is 0 Å². The molecule has 0 bridgehead atoms. The van der Waals surface area contributed by atoms with Gasteiger partial charge in [0.1, 0.15) is 0 Å². The van der Waals surface area contributed by atoms with Gasteiger partial charge in [-0.1, -0.05) is 49.0 Å². The van der Waals surface area contributed by atoms with Crippen molar-refractivity contribution in [2.75, 3.05) is 6.54 Å². The van der Waals surface area contributed by atoms with Gasteiger partial charge < -0.3 is 5.41 Å². The normalized spacial score (nSPS) is 11.1. The van der Waals surface area contributed by atoms with E-state index in [-0.39, 0.29) is 0 Å². The van der Waals surface area contributed by atoms with Gasteiger partial charge in [-0.15, -0.1) is 0 Å². The average Bonchev–Trinajstić information content (AvgIpc) is 2.33. The maximum atomic E-state index is 7.76. The van der Waals surface area contributed by atoms with Gasteiger partial charge in [-0.25, -0.2) is 0 Å². The first-order valence-corrected chi connectivity index (χ1v) is 6.91. The molecular weight excluding hydrogens is 267 g/mol. The number of rotatable bonds is 7. The third kappa shape index (κ3) is 5.19. The summed E-state index contributed by atoms with van der Waals surface area (Å²) in [5.41, 5.74) is 1.38. The first kappa shape index (κ1) is 15.2. The molecule has 2 nitrogen and oxygen atoms in total. The quantitative estimate of drug-likeness (QED) is 0.540. The van der Waals surface area contributed by atoms with Crippen LogP contribution in [-0.4, -0.2) is 18.5 Å². The minimum absolute atomic E-state index is 0.422. The maximum Gasteiger partial charge on any atom is 0.0765 e. The molecule has 0 saturated heterocycles. The molecule has 0 saturated carbocycles. The Hall–Kier alpha value is -0.860. The van der Waals surface area contributed by atoms with Gasteiger partial charge in [0.2, 0.25) is 0 Å². The molecule has 0 unspecified atom stereocenters. The highest BCUT2D eigenvalue weighted by atomic mass is 35.5. The summed E-state index contributed by atoms with van der Waals surface area (Å²) in [5.74, 6) is 0. The molecule has 0 aliphatic carbocycles. The Kier molecular flexibility index (Phi) is 6.99. The SMILES string of the molecule is CCCCCC(=N)CN=Cc1c(Cl)cccc1Cl. The standard InChI is InChI=1S/C14H18Cl2N2/c1-2-3-4-6-11(17)9-18-10-12-13(15)7-5-8-14(12)16/h5,7-8,10,17H,2-4,6,9H2,1H3. The molecule has 0 atom stereocenters. The molecule has 0 radical (unpaired) electrons. The monoisotopic (exact) mass is 284 g/mol. The number of hydrogen-bond acceptors (Lipinski definition) is 2. The summed E-state index contributed by atoms with van der Waals surface area (Å²) >= 11 is 12.0. The molecular formula is C14H18Cl2N2. The third-order valence-corrected chi connectivity index (χ3v) is 3.24. The number of halogens is 2. The van der Waals surface area contributed by atoms with Gasteiger partial charge in [0, 0.05) is 17.5 Å². The molecule has 0 aliphatic heterocycles. The summed E-state index contributed by atoms with van der Waals surface area (Å²) in [6, 6.07) is 5.36. The van der Waals surface area contributed by atoms with Crippen LogP contribution in [0.4, 0.5) is 0 Å². The predicted octanol–water partition coefficient (Wildman–Crippen LogP) is 5.01. The van der Waals surface area contributed by atoms with Crippen LogP contribution in [0.15, 0.2) is 23.2 Å². The molecule has 0 aromatic heterocycles. The van der Waals surface area contributed by atoms with Crippen LogP contribution in [0, 0.1) is 5.41 Å². The van der Waals surface area contributed by atoms with E-state index in [4.69, 9.17) is 28.6 Å². The molecule has 0 aliphatic rings. The van der Waals surface area contributed by atoms with Crippen molar-refractivity contribution < 1.29 is 0 Å². The lowest BCUT2D eigenvalue weighted by atomic mass is 10.1. The van der Waals surface area contributed by atoms with Crippen molar-refractivity contribution in [1.29, 1.82) is 5.41 Å². The molecule has 0 amide bonds. The molecule has 1 aromatic carbocycles. The van der Waals surface area contributed by atoms with E-state index in [0.29, 0.717) is 22.3 Å². The Morgan fingerprint density at radius 1 is 1.28 bits per heavy atom. The minimum atomic E-state index is 0.422. The van der Waals surface area contributed by atoms with Gasteiger partial charge in [-0.2, -0.15) is 0 Å². The molecule has 0 heterocycles. The third-order valence-electron chi connectivity index (χ3n) is 2.58. The smallest absolute Gasteiger partial charge is 0.0765 e. The zero-order chi connectivity index (χ0) is 13.4. The van der Waals surface area contributed by atoms with Crippen LogP contribution in [0.2, 0.25) is 10.0 Å². The van der Waals surface area contributed by atoms with Crippen molar-refractivity contribution in [3.05, 3.63) is 33.8 Å². The lowest BCUT2D eigenvalue weighted by Gasteiger charge is -2.01. The summed E-state index contributed by atoms with van der Waals surface area (Å²) in [5, 5.41) is 8.93. The number of nitrogens with one attached hydrogen (secondary N) is 1. The van der Waals surface area contributed by atoms with Crippen LogP contribution in [-0.2, 0) is 0 Å². The molecule has 0 spiro atoms. The highest BCUT2D eigenvalue weighted by Gasteiger charge is 2.02. The maximum absolute atomic E-state index is 7.76. The topological polar surface area (TPSA) is 36.2 Å². The second-order valence-electron chi connectivity index (χ2n) is 4.17. The van der Waals surface area contributed by atoms with Gasteiger partial charge in [0.15, 0.2) is 0 Å². The number of hydrogen-bond donors (Lipinski definition) is 1. The van der Waals surface area contributed by atoms with Crippen molar-refractivity contribution in [3.8, 4) is 0 Å². The molecule has 4 heteroatoms. The lowest BCUT2D eigenvalue weighted by molar-refractivity contribution is 0.737. The fourth-order valence-corrected chi connectivity index (χ4v) is 2.04. The summed E-state index contributed by atoms with van der Waals surface area (Å²) in [7, 11) is 0. The average molecular weight is 285 g/mol. The van der Waals surface area contributed by atoms with Crippen LogP contribution < -0.4 is 0 Å². The molecule has 0 fully saturated rings. The Balaban J connectivity index is 2.47. The van der Waals surface area contributed by atoms with Crippen LogP contribution in [0.5, 0.6) is 0 Å². The van der Waals surface area contributed by atoms with Gasteiger partial charge in [-0.3, -0.25) is 4.99 Å². The molecule has 1 N–H and O–H groups in total. The largest absolute Gasteiger partial charge is 0.308 e. The van der Waals surface area contributed by atoms with E-state index in [9.17, 15) is 0 Å². The summed E-state index contributed by atoms with van der Waals surface area (Å²) in [6.45, 7) is 2.58. The summed E-state index contributed by atoms with van der Waals surface area (Å²) < 4.78 is 0. The van der Waals surface area contributed by atoms with Crippen molar-refractivity contribution >= 4 is 35.1 Å². The fourth-order valence-electron chi connectivity index (χ4n) is 1.55. The van der Waals surface area contributed by atoms with E-state index in [2.05, 4.69) is 11.9 Å². The van der Waals surface area contributed by atoms with Crippen LogP contribution in [0.25, 0.3) is 0 Å². The summed E-state index contributed by atoms with van der Waals surface area (Å²) in [4.78, 5) is 4.22. The zero-order valence-electron chi connectivity index (χ0n) is 10.5. The first-order valence-electron chi connectivity index (χ1n) is 6.15. The number of aliphatic imine (C=N–C) groups is 1. The van der Waals surface area contributed by atoms with E-state index in [1.54, 1.807) is 24.4 Å². The Morgan fingerprint density at radius 3 is 2.56 bits per heavy atom. The van der Waals surface area contributed by atoms with Gasteiger partial charge >= 0.3 is 0 Å².